The predicted octanol–water partition coefficient (Wildman–Crippen LogP) is 0.790. The van der Waals surface area contributed by atoms with Crippen LogP contribution in [0.5, 0.6) is 0 Å². The molecule has 2 atom stereocenters. The molecule has 2 unspecified atom stereocenters. The summed E-state index contributed by atoms with van der Waals surface area (Å²) in [5, 5.41) is 3.30. The number of nitrogens with one attached hydrogen (secondary N) is 1. The van der Waals surface area contributed by atoms with E-state index in [1.807, 2.05) is 0 Å². The predicted molar refractivity (Wildman–Crippen MR) is 48.3 cm³/mol. The number of rotatable bonds is 4. The van der Waals surface area contributed by atoms with Gasteiger partial charge in [0, 0.05) is 20.2 Å². The van der Waals surface area contributed by atoms with Crippen molar-refractivity contribution in [2.45, 2.75) is 32.0 Å². The maximum absolute atomic E-state index is 5.60. The minimum atomic E-state index is 0.253. The lowest BCUT2D eigenvalue weighted by molar-refractivity contribution is -0.0718. The van der Waals surface area contributed by atoms with Crippen molar-refractivity contribution in [2.24, 2.45) is 0 Å². The molecular formula is C9H19NO2. The summed E-state index contributed by atoms with van der Waals surface area (Å²) in [5.41, 5.74) is 0. The number of hydrogen-bond acceptors (Lipinski definition) is 3. The molecule has 1 fully saturated rings. The van der Waals surface area contributed by atoms with Gasteiger partial charge in [0.25, 0.3) is 0 Å². The molecule has 0 bridgehead atoms. The largest absolute Gasteiger partial charge is 0.379 e. The highest BCUT2D eigenvalue weighted by atomic mass is 16.5. The van der Waals surface area contributed by atoms with Crippen molar-refractivity contribution in [2.75, 3.05) is 26.8 Å². The molecule has 3 heteroatoms. The minimum absolute atomic E-state index is 0.253. The smallest absolute Gasteiger partial charge is 0.0961 e. The van der Waals surface area contributed by atoms with E-state index in [1.165, 1.54) is 0 Å². The fourth-order valence-corrected chi connectivity index (χ4v) is 1.56. The van der Waals surface area contributed by atoms with Crippen LogP contribution in [-0.2, 0) is 9.47 Å². The Morgan fingerprint density at radius 2 is 2.50 bits per heavy atom. The van der Waals surface area contributed by atoms with Gasteiger partial charge in [-0.2, -0.15) is 0 Å². The first-order valence-corrected chi connectivity index (χ1v) is 4.73. The average Bonchev–Trinajstić information content (AvgIpc) is 2.15. The molecule has 1 aliphatic heterocycles. The lowest BCUT2D eigenvalue weighted by atomic mass is 10.1. The Balaban J connectivity index is 2.29. The van der Waals surface area contributed by atoms with Crippen molar-refractivity contribution in [3.8, 4) is 0 Å². The van der Waals surface area contributed by atoms with E-state index in [9.17, 15) is 0 Å². The van der Waals surface area contributed by atoms with E-state index in [4.69, 9.17) is 9.47 Å². The number of methoxy groups -OCH3 is 1. The van der Waals surface area contributed by atoms with Gasteiger partial charge in [-0.1, -0.05) is 13.3 Å². The molecule has 3 nitrogen and oxygen atoms in total. The molecule has 0 aromatic rings. The Labute approximate surface area is 74.4 Å². The highest BCUT2D eigenvalue weighted by Gasteiger charge is 2.22. The maximum atomic E-state index is 5.60. The topological polar surface area (TPSA) is 30.5 Å². The van der Waals surface area contributed by atoms with E-state index in [0.717, 1.165) is 32.5 Å². The van der Waals surface area contributed by atoms with Crippen molar-refractivity contribution in [3.05, 3.63) is 0 Å². The lowest BCUT2D eigenvalue weighted by Gasteiger charge is -2.29. The van der Waals surface area contributed by atoms with Gasteiger partial charge in [0.05, 0.1) is 18.8 Å². The van der Waals surface area contributed by atoms with Crippen molar-refractivity contribution in [3.63, 3.8) is 0 Å². The van der Waals surface area contributed by atoms with Crippen LogP contribution < -0.4 is 5.32 Å². The van der Waals surface area contributed by atoms with Gasteiger partial charge >= 0.3 is 0 Å². The van der Waals surface area contributed by atoms with Crippen LogP contribution in [0.15, 0.2) is 0 Å². The summed E-state index contributed by atoms with van der Waals surface area (Å²) in [5.74, 6) is 0. The summed E-state index contributed by atoms with van der Waals surface area (Å²) >= 11 is 0. The molecule has 72 valence electrons. The molecule has 0 aliphatic carbocycles. The molecule has 1 saturated heterocycles. The van der Waals surface area contributed by atoms with Gasteiger partial charge in [-0.3, -0.25) is 0 Å². The van der Waals surface area contributed by atoms with Crippen LogP contribution in [0.1, 0.15) is 19.8 Å². The monoisotopic (exact) mass is 173 g/mol. The molecule has 0 aromatic carbocycles. The molecule has 1 aliphatic rings. The number of ether oxygens (including phenoxy) is 2. The summed E-state index contributed by atoms with van der Waals surface area (Å²) in [4.78, 5) is 0. The zero-order valence-electron chi connectivity index (χ0n) is 8.01. The molecule has 0 aromatic heterocycles. The van der Waals surface area contributed by atoms with Crippen molar-refractivity contribution in [1.29, 1.82) is 0 Å². The zero-order chi connectivity index (χ0) is 8.81. The second-order valence-corrected chi connectivity index (χ2v) is 3.18. The first-order valence-electron chi connectivity index (χ1n) is 4.73. The van der Waals surface area contributed by atoms with Crippen LogP contribution in [0.25, 0.3) is 0 Å². The van der Waals surface area contributed by atoms with Gasteiger partial charge < -0.3 is 14.8 Å². The van der Waals surface area contributed by atoms with E-state index in [2.05, 4.69) is 12.2 Å². The SMILES string of the molecule is CCCC(OC)C1CNCCO1. The summed E-state index contributed by atoms with van der Waals surface area (Å²) in [7, 11) is 1.76. The molecule has 1 heterocycles. The van der Waals surface area contributed by atoms with Crippen molar-refractivity contribution >= 4 is 0 Å². The highest BCUT2D eigenvalue weighted by Crippen LogP contribution is 2.11. The normalized spacial score (nSPS) is 27.0. The molecule has 0 saturated carbocycles. The zero-order valence-corrected chi connectivity index (χ0v) is 8.01. The maximum Gasteiger partial charge on any atom is 0.0961 e. The Bertz CT molecular complexity index is 110. The highest BCUT2D eigenvalue weighted by molar-refractivity contribution is 4.75. The fourth-order valence-electron chi connectivity index (χ4n) is 1.56. The third-order valence-corrected chi connectivity index (χ3v) is 2.25. The van der Waals surface area contributed by atoms with Gasteiger partial charge in [0.2, 0.25) is 0 Å². The summed E-state index contributed by atoms with van der Waals surface area (Å²) < 4.78 is 11.0. The number of hydrogen-bond donors (Lipinski definition) is 1. The lowest BCUT2D eigenvalue weighted by Crippen LogP contribution is -2.45. The van der Waals surface area contributed by atoms with Crippen LogP contribution in [-0.4, -0.2) is 39.0 Å². The van der Waals surface area contributed by atoms with Gasteiger partial charge in [-0.25, -0.2) is 0 Å². The van der Waals surface area contributed by atoms with Crippen LogP contribution in [0.3, 0.4) is 0 Å². The van der Waals surface area contributed by atoms with Crippen molar-refractivity contribution in [1.82, 2.24) is 5.32 Å². The number of morpholine rings is 1. The Morgan fingerprint density at radius 1 is 1.67 bits per heavy atom. The molecule has 0 amide bonds. The third-order valence-electron chi connectivity index (χ3n) is 2.25. The summed E-state index contributed by atoms with van der Waals surface area (Å²) in [6.45, 7) is 4.88. The molecular weight excluding hydrogens is 154 g/mol. The fraction of sp³-hybridized carbons (Fsp3) is 1.00. The standard InChI is InChI=1S/C9H19NO2/c1-3-4-8(11-2)9-7-10-5-6-12-9/h8-10H,3-7H2,1-2H3. The first kappa shape index (κ1) is 9.96. The molecule has 0 radical (unpaired) electrons. The average molecular weight is 173 g/mol. The van der Waals surface area contributed by atoms with E-state index in [1.54, 1.807) is 7.11 Å². The van der Waals surface area contributed by atoms with Gasteiger partial charge in [0.1, 0.15) is 0 Å². The Morgan fingerprint density at radius 3 is 3.00 bits per heavy atom. The van der Waals surface area contributed by atoms with Gasteiger partial charge in [-0.15, -0.1) is 0 Å². The Hall–Kier alpha value is -0.120. The van der Waals surface area contributed by atoms with Crippen molar-refractivity contribution < 1.29 is 9.47 Å². The molecule has 12 heavy (non-hydrogen) atoms. The second kappa shape index (κ2) is 5.51. The minimum Gasteiger partial charge on any atom is -0.379 e. The van der Waals surface area contributed by atoms with E-state index >= 15 is 0 Å². The molecule has 0 spiro atoms. The van der Waals surface area contributed by atoms with Crippen LogP contribution in [0.4, 0.5) is 0 Å². The quantitative estimate of drug-likeness (QED) is 0.682. The molecule has 1 N–H and O–H groups in total. The van der Waals surface area contributed by atoms with E-state index < -0.39 is 0 Å². The van der Waals surface area contributed by atoms with Gasteiger partial charge in [-0.05, 0) is 6.42 Å². The van der Waals surface area contributed by atoms with Crippen LogP contribution in [0, 0.1) is 0 Å². The Kier molecular flexibility index (Phi) is 4.58. The first-order chi connectivity index (χ1) is 5.88. The van der Waals surface area contributed by atoms with E-state index in [0.29, 0.717) is 0 Å². The summed E-state index contributed by atoms with van der Waals surface area (Å²) in [6, 6.07) is 0. The van der Waals surface area contributed by atoms with Crippen LogP contribution in [0.2, 0.25) is 0 Å². The second-order valence-electron chi connectivity index (χ2n) is 3.18. The van der Waals surface area contributed by atoms with Gasteiger partial charge in [0.15, 0.2) is 0 Å². The summed E-state index contributed by atoms with van der Waals surface area (Å²) in [6.07, 6.45) is 2.76. The van der Waals surface area contributed by atoms with E-state index in [-0.39, 0.29) is 12.2 Å². The third kappa shape index (κ3) is 2.73. The van der Waals surface area contributed by atoms with Crippen LogP contribution >= 0.6 is 0 Å². The molecule has 1 rings (SSSR count).